The summed E-state index contributed by atoms with van der Waals surface area (Å²) >= 11 is 0. The summed E-state index contributed by atoms with van der Waals surface area (Å²) in [5, 5.41) is 9.90. The first kappa shape index (κ1) is 26.9. The molecule has 2 aromatic heterocycles. The lowest BCUT2D eigenvalue weighted by molar-refractivity contribution is 0.316. The fourth-order valence-corrected chi connectivity index (χ4v) is 5.77. The molecule has 0 spiro atoms. The average Bonchev–Trinajstić information content (AvgIpc) is 3.35. The Hall–Kier alpha value is -4.29. The molecule has 0 saturated carbocycles. The number of nitrogens with zero attached hydrogens (tertiary/aromatic N) is 4. The van der Waals surface area contributed by atoms with Crippen LogP contribution in [0.15, 0.2) is 95.8 Å². The fraction of sp³-hybridized carbons (Fsp3) is 0.286. The zero-order valence-electron chi connectivity index (χ0n) is 23.7. The molecule has 0 unspecified atom stereocenters. The van der Waals surface area contributed by atoms with Gasteiger partial charge in [-0.15, -0.1) is 5.10 Å². The number of nitrogens with one attached hydrogen (secondary N) is 1. The topological polar surface area (TPSA) is 62.5 Å². The van der Waals surface area contributed by atoms with Gasteiger partial charge in [-0.1, -0.05) is 105 Å². The van der Waals surface area contributed by atoms with E-state index in [0.717, 1.165) is 60.0 Å². The highest BCUT2D eigenvalue weighted by molar-refractivity contribution is 6.14. The van der Waals surface area contributed by atoms with Gasteiger partial charge >= 0.3 is 0 Å². The SMILES string of the molecule is CN(CCCCCCCCNc1cc2nc(-c3ccccc3)nn3c4ccccc4c(c1=O)c23)Cc1ccccc1. The summed E-state index contributed by atoms with van der Waals surface area (Å²) in [6, 6.07) is 30.6. The zero-order valence-corrected chi connectivity index (χ0v) is 23.7. The van der Waals surface area contributed by atoms with Crippen molar-refractivity contribution >= 4 is 33.0 Å². The molecular weight excluding hydrogens is 506 g/mol. The first-order chi connectivity index (χ1) is 20.2. The summed E-state index contributed by atoms with van der Waals surface area (Å²) in [6.45, 7) is 2.92. The molecule has 41 heavy (non-hydrogen) atoms. The molecule has 2 heterocycles. The lowest BCUT2D eigenvalue weighted by atomic mass is 10.1. The third-order valence-electron chi connectivity index (χ3n) is 7.88. The minimum Gasteiger partial charge on any atom is -0.382 e. The lowest BCUT2D eigenvalue weighted by Crippen LogP contribution is -2.18. The summed E-state index contributed by atoms with van der Waals surface area (Å²) in [6.07, 6.45) is 7.16. The van der Waals surface area contributed by atoms with E-state index in [0.29, 0.717) is 16.9 Å². The van der Waals surface area contributed by atoms with E-state index in [1.165, 1.54) is 31.2 Å². The van der Waals surface area contributed by atoms with Crippen LogP contribution in [-0.4, -0.2) is 39.6 Å². The van der Waals surface area contributed by atoms with Gasteiger partial charge in [0.2, 0.25) is 5.43 Å². The maximum absolute atomic E-state index is 13.6. The lowest BCUT2D eigenvalue weighted by Gasteiger charge is -2.16. The van der Waals surface area contributed by atoms with Crippen molar-refractivity contribution < 1.29 is 0 Å². The molecule has 6 rings (SSSR count). The second kappa shape index (κ2) is 12.5. The van der Waals surface area contributed by atoms with Gasteiger partial charge in [0.15, 0.2) is 5.82 Å². The Labute approximate surface area is 241 Å². The number of para-hydroxylation sites is 1. The van der Waals surface area contributed by atoms with Crippen LogP contribution in [0.5, 0.6) is 0 Å². The highest BCUT2D eigenvalue weighted by atomic mass is 16.1. The third kappa shape index (κ3) is 5.93. The van der Waals surface area contributed by atoms with E-state index >= 15 is 0 Å². The summed E-state index contributed by atoms with van der Waals surface area (Å²) in [4.78, 5) is 20.9. The standard InChI is InChI=1S/C35H37N5O/c1-39(25-26-16-8-6-9-17-26)23-15-5-3-2-4-14-22-36-30-24-29-33-32(34(30)41)28-20-12-13-21-31(28)40(33)38-35(37-29)27-18-10-7-11-19-27/h6-13,16-21,24,36H,2-5,14-15,22-23,25H2,1H3. The van der Waals surface area contributed by atoms with Gasteiger partial charge in [0.05, 0.1) is 22.1 Å². The quantitative estimate of drug-likeness (QED) is 0.154. The molecule has 6 nitrogen and oxygen atoms in total. The van der Waals surface area contributed by atoms with Crippen molar-refractivity contribution in [2.45, 2.75) is 45.1 Å². The van der Waals surface area contributed by atoms with Crippen LogP contribution in [0.2, 0.25) is 0 Å². The van der Waals surface area contributed by atoms with Gasteiger partial charge in [0, 0.05) is 24.0 Å². The van der Waals surface area contributed by atoms with E-state index in [9.17, 15) is 4.79 Å². The summed E-state index contributed by atoms with van der Waals surface area (Å²) in [5.41, 5.74) is 5.46. The fourth-order valence-electron chi connectivity index (χ4n) is 5.77. The molecule has 0 amide bonds. The van der Waals surface area contributed by atoms with Gasteiger partial charge in [0.1, 0.15) is 5.52 Å². The molecule has 0 aliphatic rings. The van der Waals surface area contributed by atoms with Gasteiger partial charge in [-0.2, -0.15) is 0 Å². The number of rotatable bonds is 13. The molecule has 208 valence electrons. The smallest absolute Gasteiger partial charge is 0.211 e. The van der Waals surface area contributed by atoms with Crippen LogP contribution in [-0.2, 0) is 6.54 Å². The second-order valence-corrected chi connectivity index (χ2v) is 11.0. The van der Waals surface area contributed by atoms with Crippen LogP contribution in [0.25, 0.3) is 38.7 Å². The van der Waals surface area contributed by atoms with Crippen LogP contribution in [0, 0.1) is 0 Å². The largest absolute Gasteiger partial charge is 0.382 e. The summed E-state index contributed by atoms with van der Waals surface area (Å²) in [7, 11) is 2.20. The van der Waals surface area contributed by atoms with Gasteiger partial charge in [-0.25, -0.2) is 9.50 Å². The summed E-state index contributed by atoms with van der Waals surface area (Å²) in [5.74, 6) is 0.650. The van der Waals surface area contributed by atoms with Gasteiger partial charge in [-0.05, 0) is 44.1 Å². The highest BCUT2D eigenvalue weighted by Gasteiger charge is 2.19. The maximum Gasteiger partial charge on any atom is 0.211 e. The first-order valence-electron chi connectivity index (χ1n) is 14.8. The van der Waals surface area contributed by atoms with Crippen LogP contribution in [0.1, 0.15) is 44.1 Å². The Balaban J connectivity index is 1.07. The average molecular weight is 544 g/mol. The Morgan fingerprint density at radius 2 is 1.49 bits per heavy atom. The van der Waals surface area contributed by atoms with Gasteiger partial charge in [0.25, 0.3) is 0 Å². The summed E-state index contributed by atoms with van der Waals surface area (Å²) < 4.78 is 1.89. The van der Waals surface area contributed by atoms with Crippen molar-refractivity contribution in [1.29, 1.82) is 0 Å². The van der Waals surface area contributed by atoms with Crippen molar-refractivity contribution in [3.8, 4) is 11.4 Å². The molecular formula is C35H37N5O. The minimum absolute atomic E-state index is 0.0203. The molecule has 0 fully saturated rings. The zero-order chi connectivity index (χ0) is 28.0. The Kier molecular flexibility index (Phi) is 8.19. The van der Waals surface area contributed by atoms with Crippen molar-refractivity contribution in [3.05, 3.63) is 107 Å². The predicted octanol–water partition coefficient (Wildman–Crippen LogP) is 7.39. The van der Waals surface area contributed by atoms with Crippen LogP contribution in [0.3, 0.4) is 0 Å². The molecule has 0 saturated heterocycles. The monoisotopic (exact) mass is 543 g/mol. The molecule has 4 aromatic carbocycles. The molecule has 0 atom stereocenters. The second-order valence-electron chi connectivity index (χ2n) is 11.0. The van der Waals surface area contributed by atoms with Crippen molar-refractivity contribution in [2.75, 3.05) is 25.5 Å². The molecule has 0 radical (unpaired) electrons. The van der Waals surface area contributed by atoms with E-state index in [1.54, 1.807) is 0 Å². The van der Waals surface area contributed by atoms with Gasteiger partial charge < -0.3 is 10.2 Å². The van der Waals surface area contributed by atoms with Crippen LogP contribution < -0.4 is 10.7 Å². The predicted molar refractivity (Wildman–Crippen MR) is 170 cm³/mol. The number of benzene rings is 4. The van der Waals surface area contributed by atoms with Crippen molar-refractivity contribution in [3.63, 3.8) is 0 Å². The Morgan fingerprint density at radius 1 is 0.805 bits per heavy atom. The van der Waals surface area contributed by atoms with E-state index in [4.69, 9.17) is 10.1 Å². The Bertz CT molecular complexity index is 1780. The molecule has 0 aliphatic heterocycles. The highest BCUT2D eigenvalue weighted by Crippen LogP contribution is 2.31. The molecule has 1 N–H and O–H groups in total. The van der Waals surface area contributed by atoms with E-state index in [-0.39, 0.29) is 5.43 Å². The molecule has 0 bridgehead atoms. The van der Waals surface area contributed by atoms with E-state index in [1.807, 2.05) is 65.2 Å². The number of fused-ring (bicyclic) bond motifs is 3. The van der Waals surface area contributed by atoms with E-state index < -0.39 is 0 Å². The van der Waals surface area contributed by atoms with Crippen LogP contribution in [0.4, 0.5) is 5.69 Å². The number of hydrogen-bond donors (Lipinski definition) is 1. The number of hydrogen-bond acceptors (Lipinski definition) is 5. The molecule has 6 heteroatoms. The third-order valence-corrected chi connectivity index (χ3v) is 7.88. The normalized spacial score (nSPS) is 11.8. The van der Waals surface area contributed by atoms with Gasteiger partial charge in [-0.3, -0.25) is 4.79 Å². The molecule has 6 aromatic rings. The number of anilines is 1. The Morgan fingerprint density at radius 3 is 2.29 bits per heavy atom. The minimum atomic E-state index is 0.0203. The van der Waals surface area contributed by atoms with Crippen molar-refractivity contribution in [1.82, 2.24) is 19.5 Å². The maximum atomic E-state index is 13.6. The number of unbranched alkanes of at least 4 members (excludes halogenated alkanes) is 5. The van der Waals surface area contributed by atoms with Crippen molar-refractivity contribution in [2.24, 2.45) is 0 Å². The first-order valence-corrected chi connectivity index (χ1v) is 14.8. The van der Waals surface area contributed by atoms with Crippen LogP contribution >= 0.6 is 0 Å². The van der Waals surface area contributed by atoms with E-state index in [2.05, 4.69) is 47.6 Å². The molecule has 0 aliphatic carbocycles. The number of aromatic nitrogens is 3.